The molecule has 5 heteroatoms. The topological polar surface area (TPSA) is 35.8 Å². The van der Waals surface area contributed by atoms with Gasteiger partial charge in [0.05, 0.1) is 18.3 Å². The molecular formula is C18H16ClFN2O. The summed E-state index contributed by atoms with van der Waals surface area (Å²) in [5.41, 5.74) is 3.02. The molecule has 2 aromatic rings. The summed E-state index contributed by atoms with van der Waals surface area (Å²) in [6.07, 6.45) is 0.780. The molecule has 118 valence electrons. The van der Waals surface area contributed by atoms with Gasteiger partial charge in [0.1, 0.15) is 11.7 Å². The number of hydrogen-bond acceptors (Lipinski definition) is 3. The van der Waals surface area contributed by atoms with Gasteiger partial charge in [-0.15, -0.1) is 0 Å². The fourth-order valence-corrected chi connectivity index (χ4v) is 3.69. The van der Waals surface area contributed by atoms with Gasteiger partial charge >= 0.3 is 0 Å². The maximum Gasteiger partial charge on any atom is 0.123 e. The van der Waals surface area contributed by atoms with E-state index in [9.17, 15) is 9.50 Å². The summed E-state index contributed by atoms with van der Waals surface area (Å²) in [6.45, 7) is 0.768. The smallest absolute Gasteiger partial charge is 0.123 e. The Morgan fingerprint density at radius 1 is 1.22 bits per heavy atom. The molecule has 0 aliphatic carbocycles. The molecule has 1 saturated heterocycles. The van der Waals surface area contributed by atoms with Crippen LogP contribution in [0.2, 0.25) is 5.02 Å². The Balaban J connectivity index is 1.77. The Labute approximate surface area is 139 Å². The predicted octanol–water partition coefficient (Wildman–Crippen LogP) is 3.87. The van der Waals surface area contributed by atoms with Crippen LogP contribution < -0.4 is 0 Å². The molecular weight excluding hydrogens is 315 g/mol. The minimum atomic E-state index is -0.243. The SMILES string of the molecule is OC[C@H]1CC(c2ccc(F)cc2)C2=Nc3ccc(Cl)cc3CN21. The highest BCUT2D eigenvalue weighted by atomic mass is 35.5. The van der Waals surface area contributed by atoms with Crippen LogP contribution in [0.5, 0.6) is 0 Å². The first-order valence-corrected chi connectivity index (χ1v) is 8.03. The number of rotatable bonds is 2. The van der Waals surface area contributed by atoms with Crippen molar-refractivity contribution in [3.63, 3.8) is 0 Å². The van der Waals surface area contributed by atoms with Crippen LogP contribution in [0.15, 0.2) is 47.5 Å². The molecule has 4 rings (SSSR count). The fraction of sp³-hybridized carbons (Fsp3) is 0.278. The number of aliphatic hydroxyl groups is 1. The molecule has 1 fully saturated rings. The van der Waals surface area contributed by atoms with Gasteiger partial charge in [0.15, 0.2) is 0 Å². The number of aliphatic imine (C=N–C) groups is 1. The average molecular weight is 331 g/mol. The van der Waals surface area contributed by atoms with Gasteiger partial charge in [0, 0.05) is 17.5 Å². The van der Waals surface area contributed by atoms with Crippen molar-refractivity contribution in [2.24, 2.45) is 4.99 Å². The van der Waals surface area contributed by atoms with Crippen LogP contribution in [0.3, 0.4) is 0 Å². The quantitative estimate of drug-likeness (QED) is 0.907. The van der Waals surface area contributed by atoms with E-state index in [2.05, 4.69) is 4.90 Å². The molecule has 0 amide bonds. The van der Waals surface area contributed by atoms with Gasteiger partial charge < -0.3 is 10.0 Å². The number of aliphatic hydroxyl groups excluding tert-OH is 1. The standard InChI is InChI=1S/C18H16ClFN2O/c19-13-3-6-17-12(7-13)9-22-15(10-23)8-16(18(22)21-17)11-1-4-14(20)5-2-11/h1-7,15-16,23H,8-10H2/t15-,16?/m1/s1. The zero-order valence-electron chi connectivity index (χ0n) is 12.4. The van der Waals surface area contributed by atoms with Crippen LogP contribution in [0.1, 0.15) is 23.5 Å². The first kappa shape index (κ1) is 14.7. The van der Waals surface area contributed by atoms with E-state index in [1.54, 1.807) is 12.1 Å². The van der Waals surface area contributed by atoms with E-state index in [1.165, 1.54) is 12.1 Å². The van der Waals surface area contributed by atoms with E-state index in [-0.39, 0.29) is 24.4 Å². The molecule has 0 spiro atoms. The van der Waals surface area contributed by atoms with Crippen molar-refractivity contribution in [3.8, 4) is 0 Å². The van der Waals surface area contributed by atoms with Crippen molar-refractivity contribution in [2.45, 2.75) is 24.9 Å². The number of amidine groups is 1. The zero-order valence-corrected chi connectivity index (χ0v) is 13.2. The minimum Gasteiger partial charge on any atom is -0.394 e. The number of hydrogen-bond donors (Lipinski definition) is 1. The van der Waals surface area contributed by atoms with Crippen molar-refractivity contribution in [1.29, 1.82) is 0 Å². The third-order valence-electron chi connectivity index (χ3n) is 4.65. The highest BCUT2D eigenvalue weighted by Gasteiger charge is 2.40. The zero-order chi connectivity index (χ0) is 16.0. The molecule has 2 atom stereocenters. The summed E-state index contributed by atoms with van der Waals surface area (Å²) in [7, 11) is 0. The summed E-state index contributed by atoms with van der Waals surface area (Å²) in [4.78, 5) is 6.95. The lowest BCUT2D eigenvalue weighted by atomic mass is 9.95. The van der Waals surface area contributed by atoms with E-state index >= 15 is 0 Å². The number of nitrogens with zero attached hydrogens (tertiary/aromatic N) is 2. The molecule has 23 heavy (non-hydrogen) atoms. The monoisotopic (exact) mass is 330 g/mol. The lowest BCUT2D eigenvalue weighted by Crippen LogP contribution is -2.37. The van der Waals surface area contributed by atoms with Crippen molar-refractivity contribution in [1.82, 2.24) is 4.90 Å². The molecule has 1 unspecified atom stereocenters. The van der Waals surface area contributed by atoms with Gasteiger partial charge in [-0.05, 0) is 47.9 Å². The van der Waals surface area contributed by atoms with E-state index < -0.39 is 0 Å². The van der Waals surface area contributed by atoms with Crippen LogP contribution in [0.4, 0.5) is 10.1 Å². The minimum absolute atomic E-state index is 0.0240. The van der Waals surface area contributed by atoms with Crippen molar-refractivity contribution >= 4 is 23.1 Å². The molecule has 0 radical (unpaired) electrons. The number of benzene rings is 2. The first-order chi connectivity index (χ1) is 11.2. The molecule has 1 N–H and O–H groups in total. The molecule has 0 saturated carbocycles. The molecule has 0 bridgehead atoms. The second-order valence-electron chi connectivity index (χ2n) is 6.05. The largest absolute Gasteiger partial charge is 0.394 e. The van der Waals surface area contributed by atoms with Crippen LogP contribution in [-0.2, 0) is 6.54 Å². The van der Waals surface area contributed by atoms with Gasteiger partial charge in [0.2, 0.25) is 0 Å². The lowest BCUT2D eigenvalue weighted by Gasteiger charge is -2.30. The second-order valence-corrected chi connectivity index (χ2v) is 6.48. The Hall–Kier alpha value is -1.91. The maximum absolute atomic E-state index is 13.2. The molecule has 2 aromatic carbocycles. The van der Waals surface area contributed by atoms with Gasteiger partial charge in [-0.1, -0.05) is 23.7 Å². The van der Waals surface area contributed by atoms with Gasteiger partial charge in [-0.25, -0.2) is 9.38 Å². The normalized spacial score (nSPS) is 22.6. The summed E-state index contributed by atoms with van der Waals surface area (Å²) < 4.78 is 13.2. The highest BCUT2D eigenvalue weighted by molar-refractivity contribution is 6.30. The highest BCUT2D eigenvalue weighted by Crippen LogP contribution is 2.40. The van der Waals surface area contributed by atoms with E-state index in [0.29, 0.717) is 11.6 Å². The van der Waals surface area contributed by atoms with Gasteiger partial charge in [-0.2, -0.15) is 0 Å². The summed E-state index contributed by atoms with van der Waals surface area (Å²) in [5.74, 6) is 0.787. The second kappa shape index (κ2) is 5.62. The van der Waals surface area contributed by atoms with E-state index in [1.807, 2.05) is 18.2 Å². The Morgan fingerprint density at radius 2 is 2.00 bits per heavy atom. The van der Waals surface area contributed by atoms with Crippen LogP contribution >= 0.6 is 11.6 Å². The number of halogens is 2. The Kier molecular flexibility index (Phi) is 3.58. The first-order valence-electron chi connectivity index (χ1n) is 7.65. The van der Waals surface area contributed by atoms with Crippen molar-refractivity contribution in [3.05, 3.63) is 64.4 Å². The Bertz CT molecular complexity index is 775. The molecule has 0 aromatic heterocycles. The maximum atomic E-state index is 13.2. The van der Waals surface area contributed by atoms with E-state index in [0.717, 1.165) is 29.1 Å². The number of fused-ring (bicyclic) bond motifs is 2. The third kappa shape index (κ3) is 2.52. The molecule has 2 aliphatic heterocycles. The van der Waals surface area contributed by atoms with Crippen molar-refractivity contribution in [2.75, 3.05) is 6.61 Å². The molecule has 3 nitrogen and oxygen atoms in total. The lowest BCUT2D eigenvalue weighted by molar-refractivity contribution is 0.186. The predicted molar refractivity (Wildman–Crippen MR) is 88.7 cm³/mol. The van der Waals surface area contributed by atoms with Crippen molar-refractivity contribution < 1.29 is 9.50 Å². The Morgan fingerprint density at radius 3 is 2.74 bits per heavy atom. The summed E-state index contributed by atoms with van der Waals surface area (Å²) >= 11 is 6.08. The van der Waals surface area contributed by atoms with Gasteiger partial charge in [0.25, 0.3) is 0 Å². The third-order valence-corrected chi connectivity index (χ3v) is 4.89. The molecule has 2 aliphatic rings. The van der Waals surface area contributed by atoms with Crippen LogP contribution in [0, 0.1) is 5.82 Å². The average Bonchev–Trinajstić information content (AvgIpc) is 2.91. The van der Waals surface area contributed by atoms with Gasteiger partial charge in [-0.3, -0.25) is 0 Å². The summed E-state index contributed by atoms with van der Waals surface area (Å²) in [6, 6.07) is 12.3. The van der Waals surface area contributed by atoms with Crippen LogP contribution in [-0.4, -0.2) is 28.5 Å². The van der Waals surface area contributed by atoms with Crippen LogP contribution in [0.25, 0.3) is 0 Å². The molecule has 2 heterocycles. The fourth-order valence-electron chi connectivity index (χ4n) is 3.49. The van der Waals surface area contributed by atoms with E-state index in [4.69, 9.17) is 16.6 Å². The summed E-state index contributed by atoms with van der Waals surface area (Å²) in [5, 5.41) is 10.4.